The van der Waals surface area contributed by atoms with Crippen molar-refractivity contribution < 1.29 is 9.53 Å². The van der Waals surface area contributed by atoms with Gasteiger partial charge in [0, 0.05) is 13.1 Å². The van der Waals surface area contributed by atoms with Crippen LogP contribution in [0.4, 0.5) is 4.79 Å². The second-order valence-corrected chi connectivity index (χ2v) is 2.75. The lowest BCUT2D eigenvalue weighted by atomic mass is 10.1. The van der Waals surface area contributed by atoms with E-state index < -0.39 is 0 Å². The largest absolute Gasteiger partial charge is 0.450 e. The van der Waals surface area contributed by atoms with Gasteiger partial charge in [-0.1, -0.05) is 0 Å². The van der Waals surface area contributed by atoms with Crippen molar-refractivity contribution in [2.24, 2.45) is 0 Å². The van der Waals surface area contributed by atoms with Gasteiger partial charge < -0.3 is 9.64 Å². The summed E-state index contributed by atoms with van der Waals surface area (Å²) in [6, 6.07) is 0. The third-order valence-electron chi connectivity index (χ3n) is 1.88. The molecule has 1 amide bonds. The molecule has 0 aromatic heterocycles. The summed E-state index contributed by atoms with van der Waals surface area (Å²) < 4.78 is 4.87. The van der Waals surface area contributed by atoms with Gasteiger partial charge in [0.15, 0.2) is 0 Å². The molecule has 0 bridgehead atoms. The molecule has 4 heteroatoms. The minimum absolute atomic E-state index is 0. The van der Waals surface area contributed by atoms with Crippen molar-refractivity contribution in [1.82, 2.24) is 4.90 Å². The Morgan fingerprint density at radius 3 is 2.42 bits per heavy atom. The van der Waals surface area contributed by atoms with Crippen LogP contribution in [0.3, 0.4) is 0 Å². The smallest absolute Gasteiger partial charge is 0.409 e. The maximum atomic E-state index is 11.1. The zero-order valence-corrected chi connectivity index (χ0v) is 9.13. The van der Waals surface area contributed by atoms with Gasteiger partial charge in [-0.15, -0.1) is 17.0 Å². The summed E-state index contributed by atoms with van der Waals surface area (Å²) in [5, 5.41) is 0. The summed E-state index contributed by atoms with van der Waals surface area (Å²) in [5.41, 5.74) is 0. The molecule has 1 rings (SSSR count). The molecule has 0 aliphatic carbocycles. The van der Waals surface area contributed by atoms with Gasteiger partial charge in [-0.3, -0.25) is 0 Å². The van der Waals surface area contributed by atoms with E-state index in [2.05, 4.69) is 0 Å². The van der Waals surface area contributed by atoms with Crippen LogP contribution in [0.15, 0.2) is 0 Å². The molecule has 1 heterocycles. The van der Waals surface area contributed by atoms with Crippen LogP contribution in [0.5, 0.6) is 0 Å². The van der Waals surface area contributed by atoms with Gasteiger partial charge >= 0.3 is 6.09 Å². The van der Waals surface area contributed by atoms with E-state index in [1.54, 1.807) is 4.90 Å². The van der Waals surface area contributed by atoms with Gasteiger partial charge in [-0.2, -0.15) is 0 Å². The summed E-state index contributed by atoms with van der Waals surface area (Å²) in [7, 11) is 0. The summed E-state index contributed by atoms with van der Waals surface area (Å²) in [6.45, 7) is 4.06. The van der Waals surface area contributed by atoms with Gasteiger partial charge in [-0.25, -0.2) is 4.79 Å². The first-order valence-corrected chi connectivity index (χ1v) is 4.26. The van der Waals surface area contributed by atoms with Crippen molar-refractivity contribution in [2.75, 3.05) is 19.7 Å². The van der Waals surface area contributed by atoms with Crippen molar-refractivity contribution >= 4 is 23.1 Å². The van der Waals surface area contributed by atoms with Crippen LogP contribution < -0.4 is 0 Å². The fraction of sp³-hybridized carbons (Fsp3) is 0.875. The van der Waals surface area contributed by atoms with E-state index in [0.29, 0.717) is 6.61 Å². The molecule has 0 N–H and O–H groups in total. The van der Waals surface area contributed by atoms with E-state index in [4.69, 9.17) is 4.74 Å². The highest BCUT2D eigenvalue weighted by Crippen LogP contribution is 2.09. The average Bonchev–Trinajstić information content (AvgIpc) is 2.07. The number of halogens is 1. The molecule has 1 saturated heterocycles. The van der Waals surface area contributed by atoms with Gasteiger partial charge in [0.25, 0.3) is 0 Å². The normalized spacial score (nSPS) is 16.6. The molecule has 72 valence electrons. The number of ether oxygens (including phenoxy) is 1. The summed E-state index contributed by atoms with van der Waals surface area (Å²) in [5.74, 6) is 0. The monoisotopic (exact) mass is 237 g/mol. The molecule has 0 spiro atoms. The van der Waals surface area contributed by atoms with Crippen LogP contribution in [-0.4, -0.2) is 30.7 Å². The molecule has 0 aromatic carbocycles. The van der Waals surface area contributed by atoms with Crippen LogP contribution in [0.1, 0.15) is 26.2 Å². The molecule has 0 aromatic rings. The van der Waals surface area contributed by atoms with E-state index in [-0.39, 0.29) is 23.1 Å². The number of rotatable bonds is 1. The first-order valence-electron chi connectivity index (χ1n) is 4.26. The zero-order valence-electron chi connectivity index (χ0n) is 7.41. The number of amides is 1. The minimum Gasteiger partial charge on any atom is -0.450 e. The Morgan fingerprint density at radius 2 is 1.92 bits per heavy atom. The second kappa shape index (κ2) is 6.29. The maximum absolute atomic E-state index is 11.1. The van der Waals surface area contributed by atoms with Crippen LogP contribution in [-0.2, 0) is 4.74 Å². The molecule has 1 aliphatic rings. The van der Waals surface area contributed by atoms with Gasteiger partial charge in [0.05, 0.1) is 6.61 Å². The van der Waals surface area contributed by atoms with Gasteiger partial charge in [0.2, 0.25) is 0 Å². The van der Waals surface area contributed by atoms with E-state index in [9.17, 15) is 4.79 Å². The average molecular weight is 238 g/mol. The number of likely N-dealkylation sites (tertiary alicyclic amines) is 1. The van der Waals surface area contributed by atoms with E-state index in [1.807, 2.05) is 6.92 Å². The summed E-state index contributed by atoms with van der Waals surface area (Å²) >= 11 is 0. The van der Waals surface area contributed by atoms with Crippen molar-refractivity contribution in [1.29, 1.82) is 0 Å². The first-order chi connectivity index (χ1) is 5.34. The highest BCUT2D eigenvalue weighted by atomic mass is 79.9. The van der Waals surface area contributed by atoms with Crippen LogP contribution in [0, 0.1) is 0 Å². The van der Waals surface area contributed by atoms with Crippen molar-refractivity contribution in [3.63, 3.8) is 0 Å². The second-order valence-electron chi connectivity index (χ2n) is 2.75. The number of carbonyl (C=O) groups excluding carboxylic acids is 1. The third-order valence-corrected chi connectivity index (χ3v) is 1.88. The maximum Gasteiger partial charge on any atom is 0.409 e. The third kappa shape index (κ3) is 3.43. The van der Waals surface area contributed by atoms with Crippen molar-refractivity contribution in [2.45, 2.75) is 26.2 Å². The van der Waals surface area contributed by atoms with Crippen molar-refractivity contribution in [3.8, 4) is 0 Å². The standard InChI is InChI=1S/C8H15NO2.BrH/c1-2-11-8(10)9-6-4-3-5-7-9;/h2-7H2,1H3;1H. The topological polar surface area (TPSA) is 29.5 Å². The number of carbonyl (C=O) groups is 1. The Balaban J connectivity index is 0.00000121. The lowest BCUT2D eigenvalue weighted by Crippen LogP contribution is -2.35. The lowest BCUT2D eigenvalue weighted by molar-refractivity contribution is 0.0997. The Morgan fingerprint density at radius 1 is 1.33 bits per heavy atom. The Hall–Kier alpha value is -0.250. The Bertz CT molecular complexity index is 135. The fourth-order valence-corrected chi connectivity index (χ4v) is 1.29. The SMILES string of the molecule is Br.CCOC(=O)N1CCCCC1. The van der Waals surface area contributed by atoms with Crippen LogP contribution >= 0.6 is 17.0 Å². The molecule has 0 unspecified atom stereocenters. The highest BCUT2D eigenvalue weighted by Gasteiger charge is 2.16. The molecular formula is C8H16BrNO2. The lowest BCUT2D eigenvalue weighted by Gasteiger charge is -2.25. The minimum atomic E-state index is -0.146. The van der Waals surface area contributed by atoms with E-state index >= 15 is 0 Å². The number of hydrogen-bond donors (Lipinski definition) is 0. The summed E-state index contributed by atoms with van der Waals surface area (Å²) in [6.07, 6.45) is 3.35. The zero-order chi connectivity index (χ0) is 8.10. The molecule has 3 nitrogen and oxygen atoms in total. The molecular weight excluding hydrogens is 222 g/mol. The van der Waals surface area contributed by atoms with Crippen LogP contribution in [0.25, 0.3) is 0 Å². The summed E-state index contributed by atoms with van der Waals surface area (Å²) in [4.78, 5) is 12.9. The highest BCUT2D eigenvalue weighted by molar-refractivity contribution is 8.93. The number of piperidine rings is 1. The number of hydrogen-bond acceptors (Lipinski definition) is 2. The van der Waals surface area contributed by atoms with E-state index in [0.717, 1.165) is 25.9 Å². The predicted octanol–water partition coefficient (Wildman–Crippen LogP) is 2.21. The molecule has 0 saturated carbocycles. The van der Waals surface area contributed by atoms with Crippen LogP contribution in [0.2, 0.25) is 0 Å². The van der Waals surface area contributed by atoms with Crippen molar-refractivity contribution in [3.05, 3.63) is 0 Å². The first kappa shape index (κ1) is 11.8. The molecule has 12 heavy (non-hydrogen) atoms. The molecule has 0 radical (unpaired) electrons. The Kier molecular flexibility index (Phi) is 6.16. The molecule has 1 fully saturated rings. The molecule has 0 atom stereocenters. The molecule has 1 aliphatic heterocycles. The fourth-order valence-electron chi connectivity index (χ4n) is 1.29. The Labute approximate surface area is 83.8 Å². The number of nitrogens with zero attached hydrogens (tertiary/aromatic N) is 1. The quantitative estimate of drug-likeness (QED) is 0.700. The predicted molar refractivity (Wildman–Crippen MR) is 52.8 cm³/mol. The van der Waals surface area contributed by atoms with Gasteiger partial charge in [0.1, 0.15) is 0 Å². The van der Waals surface area contributed by atoms with E-state index in [1.165, 1.54) is 6.42 Å². The van der Waals surface area contributed by atoms with Gasteiger partial charge in [-0.05, 0) is 26.2 Å².